The maximum atomic E-state index is 11.2. The summed E-state index contributed by atoms with van der Waals surface area (Å²) in [6, 6.07) is 10.9. The standard InChI is InChI=1S/C19H17ClN4O3/c20-14-4-1-3-13(11-14)16-22-18(27-23-16)15-5-2-8-21-17(15)24-9-6-12(7-10-24)19(25)26/h1-5,8,11-12H,6-7,9-10H2,(H,25,26). The minimum absolute atomic E-state index is 0.300. The van der Waals surface area contributed by atoms with Gasteiger partial charge in [-0.1, -0.05) is 28.9 Å². The molecular weight excluding hydrogens is 368 g/mol. The second-order valence-corrected chi connectivity index (χ2v) is 6.84. The molecule has 0 atom stereocenters. The van der Waals surface area contributed by atoms with Crippen LogP contribution in [0.4, 0.5) is 5.82 Å². The molecule has 4 rings (SSSR count). The van der Waals surface area contributed by atoms with E-state index in [4.69, 9.17) is 16.1 Å². The van der Waals surface area contributed by atoms with Crippen molar-refractivity contribution in [2.45, 2.75) is 12.8 Å². The number of carboxylic acid groups (broad SMARTS) is 1. The number of rotatable bonds is 4. The molecule has 3 aromatic rings. The highest BCUT2D eigenvalue weighted by Gasteiger charge is 2.27. The molecule has 0 spiro atoms. The van der Waals surface area contributed by atoms with Crippen molar-refractivity contribution in [1.82, 2.24) is 15.1 Å². The van der Waals surface area contributed by atoms with Gasteiger partial charge >= 0.3 is 5.97 Å². The fourth-order valence-electron chi connectivity index (χ4n) is 3.23. The number of aromatic nitrogens is 3. The highest BCUT2D eigenvalue weighted by atomic mass is 35.5. The second-order valence-electron chi connectivity index (χ2n) is 6.41. The van der Waals surface area contributed by atoms with Gasteiger partial charge in [-0.2, -0.15) is 4.98 Å². The Morgan fingerprint density at radius 1 is 1.22 bits per heavy atom. The van der Waals surface area contributed by atoms with Crippen molar-refractivity contribution in [2.24, 2.45) is 5.92 Å². The number of piperidine rings is 1. The predicted octanol–water partition coefficient (Wildman–Crippen LogP) is 3.75. The van der Waals surface area contributed by atoms with E-state index >= 15 is 0 Å². The second kappa shape index (κ2) is 7.36. The summed E-state index contributed by atoms with van der Waals surface area (Å²) in [5.74, 6) is 0.508. The number of halogens is 1. The number of aliphatic carboxylic acids is 1. The maximum Gasteiger partial charge on any atom is 0.306 e. The zero-order valence-electron chi connectivity index (χ0n) is 14.4. The van der Waals surface area contributed by atoms with Gasteiger partial charge in [0.25, 0.3) is 5.89 Å². The largest absolute Gasteiger partial charge is 0.481 e. The SMILES string of the molecule is O=C(O)C1CCN(c2ncccc2-c2nc(-c3cccc(Cl)c3)no2)CC1. The quantitative estimate of drug-likeness (QED) is 0.732. The van der Waals surface area contributed by atoms with Crippen LogP contribution in [0, 0.1) is 5.92 Å². The summed E-state index contributed by atoms with van der Waals surface area (Å²) in [6.07, 6.45) is 2.88. The Morgan fingerprint density at radius 3 is 2.78 bits per heavy atom. The Bertz CT molecular complexity index is 967. The molecule has 1 saturated heterocycles. The van der Waals surface area contributed by atoms with Gasteiger partial charge in [0, 0.05) is 29.9 Å². The number of hydrogen-bond acceptors (Lipinski definition) is 6. The molecule has 1 aliphatic heterocycles. The lowest BCUT2D eigenvalue weighted by molar-refractivity contribution is -0.142. The molecule has 1 N–H and O–H groups in total. The topological polar surface area (TPSA) is 92.3 Å². The number of nitrogens with zero attached hydrogens (tertiary/aromatic N) is 4. The molecule has 7 nitrogen and oxygen atoms in total. The molecule has 0 bridgehead atoms. The smallest absolute Gasteiger partial charge is 0.306 e. The Kier molecular flexibility index (Phi) is 4.77. The summed E-state index contributed by atoms with van der Waals surface area (Å²) in [5.41, 5.74) is 1.50. The molecule has 1 fully saturated rings. The zero-order valence-corrected chi connectivity index (χ0v) is 15.1. The number of anilines is 1. The molecule has 27 heavy (non-hydrogen) atoms. The molecule has 8 heteroatoms. The van der Waals surface area contributed by atoms with Crippen molar-refractivity contribution in [2.75, 3.05) is 18.0 Å². The van der Waals surface area contributed by atoms with E-state index in [2.05, 4.69) is 20.0 Å². The van der Waals surface area contributed by atoms with Crippen molar-refractivity contribution in [3.05, 3.63) is 47.6 Å². The van der Waals surface area contributed by atoms with Crippen LogP contribution in [0.1, 0.15) is 12.8 Å². The average Bonchev–Trinajstić information content (AvgIpc) is 3.18. The Balaban J connectivity index is 1.62. The van der Waals surface area contributed by atoms with E-state index in [0.29, 0.717) is 42.7 Å². The van der Waals surface area contributed by atoms with Crippen LogP contribution < -0.4 is 4.90 Å². The summed E-state index contributed by atoms with van der Waals surface area (Å²) >= 11 is 6.03. The lowest BCUT2D eigenvalue weighted by Gasteiger charge is -2.31. The molecule has 0 saturated carbocycles. The van der Waals surface area contributed by atoms with E-state index in [-0.39, 0.29) is 5.92 Å². The lowest BCUT2D eigenvalue weighted by Crippen LogP contribution is -2.37. The molecule has 138 valence electrons. The third-order valence-corrected chi connectivity index (χ3v) is 4.90. The Labute approximate surface area is 160 Å². The normalized spacial score (nSPS) is 15.1. The van der Waals surface area contributed by atoms with Crippen LogP contribution in [0.2, 0.25) is 5.02 Å². The molecule has 1 aliphatic rings. The van der Waals surface area contributed by atoms with E-state index in [9.17, 15) is 9.90 Å². The van der Waals surface area contributed by atoms with E-state index in [1.807, 2.05) is 24.3 Å². The fraction of sp³-hybridized carbons (Fsp3) is 0.263. The van der Waals surface area contributed by atoms with Crippen LogP contribution in [0.5, 0.6) is 0 Å². The number of hydrogen-bond donors (Lipinski definition) is 1. The summed E-state index contributed by atoms with van der Waals surface area (Å²) in [4.78, 5) is 22.2. The molecule has 0 radical (unpaired) electrons. The first-order valence-electron chi connectivity index (χ1n) is 8.64. The third kappa shape index (κ3) is 3.64. The van der Waals surface area contributed by atoms with Gasteiger partial charge in [-0.25, -0.2) is 4.98 Å². The summed E-state index contributed by atoms with van der Waals surface area (Å²) in [7, 11) is 0. The van der Waals surface area contributed by atoms with Crippen LogP contribution in [-0.4, -0.2) is 39.3 Å². The van der Waals surface area contributed by atoms with Gasteiger partial charge in [0.1, 0.15) is 5.82 Å². The van der Waals surface area contributed by atoms with Crippen LogP contribution >= 0.6 is 11.6 Å². The van der Waals surface area contributed by atoms with E-state index in [0.717, 1.165) is 16.9 Å². The number of carboxylic acids is 1. The van der Waals surface area contributed by atoms with Crippen LogP contribution in [0.25, 0.3) is 22.8 Å². The third-order valence-electron chi connectivity index (χ3n) is 4.67. The van der Waals surface area contributed by atoms with E-state index in [1.54, 1.807) is 18.3 Å². The highest BCUT2D eigenvalue weighted by Crippen LogP contribution is 2.32. The molecule has 3 heterocycles. The minimum Gasteiger partial charge on any atom is -0.481 e. The lowest BCUT2D eigenvalue weighted by atomic mass is 9.97. The van der Waals surface area contributed by atoms with Gasteiger partial charge in [-0.15, -0.1) is 0 Å². The first kappa shape index (κ1) is 17.5. The van der Waals surface area contributed by atoms with Crippen molar-refractivity contribution in [3.63, 3.8) is 0 Å². The summed E-state index contributed by atoms with van der Waals surface area (Å²) < 4.78 is 5.47. The first-order chi connectivity index (χ1) is 13.1. The number of pyridine rings is 1. The van der Waals surface area contributed by atoms with E-state index < -0.39 is 5.97 Å². The summed E-state index contributed by atoms with van der Waals surface area (Å²) in [6.45, 7) is 1.24. The molecular formula is C19H17ClN4O3. The monoisotopic (exact) mass is 384 g/mol. The maximum absolute atomic E-state index is 11.2. The van der Waals surface area contributed by atoms with Gasteiger partial charge in [0.2, 0.25) is 5.82 Å². The van der Waals surface area contributed by atoms with Gasteiger partial charge < -0.3 is 14.5 Å². The van der Waals surface area contributed by atoms with E-state index in [1.165, 1.54) is 0 Å². The summed E-state index contributed by atoms with van der Waals surface area (Å²) in [5, 5.41) is 13.8. The van der Waals surface area contributed by atoms with Crippen molar-refractivity contribution in [1.29, 1.82) is 0 Å². The number of benzene rings is 1. The molecule has 2 aromatic heterocycles. The number of carbonyl (C=O) groups is 1. The van der Waals surface area contributed by atoms with Crippen molar-refractivity contribution in [3.8, 4) is 22.8 Å². The van der Waals surface area contributed by atoms with Gasteiger partial charge in [0.15, 0.2) is 0 Å². The molecule has 1 aromatic carbocycles. The van der Waals surface area contributed by atoms with Crippen molar-refractivity contribution >= 4 is 23.4 Å². The van der Waals surface area contributed by atoms with Crippen LogP contribution in [-0.2, 0) is 4.79 Å². The van der Waals surface area contributed by atoms with Crippen molar-refractivity contribution < 1.29 is 14.4 Å². The fourth-order valence-corrected chi connectivity index (χ4v) is 3.42. The van der Waals surface area contributed by atoms with Gasteiger partial charge in [-0.05, 0) is 37.1 Å². The molecule has 0 aliphatic carbocycles. The zero-order chi connectivity index (χ0) is 18.8. The van der Waals surface area contributed by atoms with Gasteiger partial charge in [-0.3, -0.25) is 4.79 Å². The highest BCUT2D eigenvalue weighted by molar-refractivity contribution is 6.30. The average molecular weight is 385 g/mol. The first-order valence-corrected chi connectivity index (χ1v) is 9.02. The molecule has 0 amide bonds. The van der Waals surface area contributed by atoms with Crippen LogP contribution in [0.15, 0.2) is 47.1 Å². The minimum atomic E-state index is -0.737. The predicted molar refractivity (Wildman–Crippen MR) is 101 cm³/mol. The molecule has 0 unspecified atom stereocenters. The Morgan fingerprint density at radius 2 is 2.04 bits per heavy atom. The van der Waals surface area contributed by atoms with Gasteiger partial charge in [0.05, 0.1) is 11.5 Å². The Hall–Kier alpha value is -2.93. The van der Waals surface area contributed by atoms with Crippen LogP contribution in [0.3, 0.4) is 0 Å².